The van der Waals surface area contributed by atoms with Gasteiger partial charge >= 0.3 is 0 Å². The van der Waals surface area contributed by atoms with E-state index in [1.165, 1.54) is 18.7 Å². The van der Waals surface area contributed by atoms with Crippen LogP contribution in [-0.4, -0.2) is 19.7 Å². The van der Waals surface area contributed by atoms with Gasteiger partial charge in [0.15, 0.2) is 0 Å². The minimum Gasteiger partial charge on any atom is -0.334 e. The van der Waals surface area contributed by atoms with E-state index in [1.807, 2.05) is 12.4 Å². The van der Waals surface area contributed by atoms with Crippen LogP contribution in [0.3, 0.4) is 0 Å². The molecular weight excluding hydrogens is 176 g/mol. The quantitative estimate of drug-likeness (QED) is 0.739. The Hall–Kier alpha value is -1.58. The van der Waals surface area contributed by atoms with E-state index in [0.29, 0.717) is 0 Å². The van der Waals surface area contributed by atoms with Gasteiger partial charge in [-0.2, -0.15) is 5.10 Å². The van der Waals surface area contributed by atoms with Gasteiger partial charge in [-0.05, 0) is 12.8 Å². The van der Waals surface area contributed by atoms with Crippen molar-refractivity contribution >= 4 is 0 Å². The van der Waals surface area contributed by atoms with Gasteiger partial charge in [0.25, 0.3) is 0 Å². The van der Waals surface area contributed by atoms with E-state index in [9.17, 15) is 0 Å². The first-order valence-electron chi connectivity index (χ1n) is 4.99. The number of aromatic nitrogens is 4. The Morgan fingerprint density at radius 1 is 1.36 bits per heavy atom. The molecule has 0 fully saturated rings. The van der Waals surface area contributed by atoms with Gasteiger partial charge < -0.3 is 4.57 Å². The van der Waals surface area contributed by atoms with Crippen LogP contribution in [0.4, 0.5) is 0 Å². The second-order valence-corrected chi connectivity index (χ2v) is 3.68. The predicted octanol–water partition coefficient (Wildman–Crippen LogP) is 1.61. The second-order valence-electron chi connectivity index (χ2n) is 3.68. The summed E-state index contributed by atoms with van der Waals surface area (Å²) in [7, 11) is 0. The SMILES string of the molecule is c1n[nH]cc1-c1cn2c(n1)CCCC2. The zero-order chi connectivity index (χ0) is 9.38. The molecule has 2 aromatic heterocycles. The Morgan fingerprint density at radius 2 is 2.36 bits per heavy atom. The highest BCUT2D eigenvalue weighted by molar-refractivity contribution is 5.56. The summed E-state index contributed by atoms with van der Waals surface area (Å²) in [6, 6.07) is 0. The van der Waals surface area contributed by atoms with E-state index in [1.54, 1.807) is 0 Å². The molecule has 0 atom stereocenters. The lowest BCUT2D eigenvalue weighted by atomic mass is 10.2. The molecule has 72 valence electrons. The number of nitrogens with one attached hydrogen (secondary N) is 1. The number of H-pyrrole nitrogens is 1. The molecule has 0 spiro atoms. The van der Waals surface area contributed by atoms with Crippen molar-refractivity contribution in [1.82, 2.24) is 19.7 Å². The molecule has 1 aliphatic heterocycles. The second kappa shape index (κ2) is 2.97. The Kier molecular flexibility index (Phi) is 1.65. The van der Waals surface area contributed by atoms with Crippen LogP contribution in [0, 0.1) is 0 Å². The highest BCUT2D eigenvalue weighted by atomic mass is 15.1. The summed E-state index contributed by atoms with van der Waals surface area (Å²) in [6.07, 6.45) is 9.47. The Bertz CT molecular complexity index is 403. The van der Waals surface area contributed by atoms with Crippen molar-refractivity contribution in [3.05, 3.63) is 24.4 Å². The average Bonchev–Trinajstić information content (AvgIpc) is 2.86. The van der Waals surface area contributed by atoms with E-state index in [0.717, 1.165) is 24.2 Å². The minimum atomic E-state index is 1.04. The fraction of sp³-hybridized carbons (Fsp3) is 0.400. The van der Waals surface area contributed by atoms with Gasteiger partial charge in [-0.25, -0.2) is 4.98 Å². The maximum atomic E-state index is 4.60. The molecule has 4 nitrogen and oxygen atoms in total. The van der Waals surface area contributed by atoms with Gasteiger partial charge in [-0.1, -0.05) is 0 Å². The molecule has 1 aliphatic rings. The average molecular weight is 188 g/mol. The third-order valence-electron chi connectivity index (χ3n) is 2.70. The van der Waals surface area contributed by atoms with Crippen molar-refractivity contribution in [3.8, 4) is 11.3 Å². The van der Waals surface area contributed by atoms with Crippen LogP contribution in [0.5, 0.6) is 0 Å². The summed E-state index contributed by atoms with van der Waals surface area (Å²) in [5.74, 6) is 1.22. The van der Waals surface area contributed by atoms with Gasteiger partial charge in [-0.3, -0.25) is 5.10 Å². The third kappa shape index (κ3) is 1.14. The number of fused-ring (bicyclic) bond motifs is 1. The van der Waals surface area contributed by atoms with Crippen molar-refractivity contribution in [2.24, 2.45) is 0 Å². The normalized spacial score (nSPS) is 15.4. The zero-order valence-electron chi connectivity index (χ0n) is 7.90. The summed E-state index contributed by atoms with van der Waals surface area (Å²) in [5.41, 5.74) is 2.11. The van der Waals surface area contributed by atoms with Crippen LogP contribution in [0.1, 0.15) is 18.7 Å². The summed E-state index contributed by atoms with van der Waals surface area (Å²) in [5, 5.41) is 6.74. The van der Waals surface area contributed by atoms with E-state index >= 15 is 0 Å². The summed E-state index contributed by atoms with van der Waals surface area (Å²) in [6.45, 7) is 1.11. The molecule has 0 amide bonds. The molecule has 0 aromatic carbocycles. The third-order valence-corrected chi connectivity index (χ3v) is 2.70. The van der Waals surface area contributed by atoms with Crippen molar-refractivity contribution in [1.29, 1.82) is 0 Å². The molecule has 0 saturated carbocycles. The summed E-state index contributed by atoms with van der Waals surface area (Å²) < 4.78 is 2.26. The molecule has 4 heteroatoms. The number of rotatable bonds is 1. The fourth-order valence-electron chi connectivity index (χ4n) is 1.94. The molecule has 3 heterocycles. The Morgan fingerprint density at radius 3 is 3.14 bits per heavy atom. The molecule has 0 radical (unpaired) electrons. The summed E-state index contributed by atoms with van der Waals surface area (Å²) in [4.78, 5) is 4.60. The maximum absolute atomic E-state index is 4.60. The van der Waals surface area contributed by atoms with Gasteiger partial charge in [0.1, 0.15) is 5.82 Å². The molecule has 0 unspecified atom stereocenters. The number of nitrogens with zero attached hydrogens (tertiary/aromatic N) is 3. The van der Waals surface area contributed by atoms with Crippen molar-refractivity contribution in [3.63, 3.8) is 0 Å². The van der Waals surface area contributed by atoms with Crippen LogP contribution in [0.15, 0.2) is 18.6 Å². The number of aryl methyl sites for hydroxylation is 2. The van der Waals surface area contributed by atoms with Crippen molar-refractivity contribution in [2.45, 2.75) is 25.8 Å². The molecule has 0 bridgehead atoms. The first kappa shape index (κ1) is 7.79. The van der Waals surface area contributed by atoms with Gasteiger partial charge in [0, 0.05) is 30.9 Å². The standard InChI is InChI=1S/C10H12N4/c1-2-4-14-7-9(13-10(14)3-1)8-5-11-12-6-8/h5-7H,1-4H2,(H,11,12). The van der Waals surface area contributed by atoms with Crippen molar-refractivity contribution in [2.75, 3.05) is 0 Å². The highest BCUT2D eigenvalue weighted by Gasteiger charge is 2.13. The van der Waals surface area contributed by atoms with Crippen molar-refractivity contribution < 1.29 is 0 Å². The Labute approximate surface area is 82.0 Å². The lowest BCUT2D eigenvalue weighted by molar-refractivity contribution is 0.522. The minimum absolute atomic E-state index is 1.04. The topological polar surface area (TPSA) is 46.5 Å². The van der Waals surface area contributed by atoms with Crippen LogP contribution in [-0.2, 0) is 13.0 Å². The lowest BCUT2D eigenvalue weighted by Crippen LogP contribution is -2.08. The first-order valence-corrected chi connectivity index (χ1v) is 4.99. The van der Waals surface area contributed by atoms with Crippen LogP contribution >= 0.6 is 0 Å². The number of hydrogen-bond donors (Lipinski definition) is 1. The molecule has 1 N–H and O–H groups in total. The zero-order valence-corrected chi connectivity index (χ0v) is 7.90. The maximum Gasteiger partial charge on any atom is 0.109 e. The molecule has 0 saturated heterocycles. The first-order chi connectivity index (χ1) is 6.93. The van der Waals surface area contributed by atoms with Crippen LogP contribution in [0.2, 0.25) is 0 Å². The molecule has 2 aromatic rings. The van der Waals surface area contributed by atoms with Gasteiger partial charge in [0.05, 0.1) is 11.9 Å². The van der Waals surface area contributed by atoms with Gasteiger partial charge in [0.2, 0.25) is 0 Å². The van der Waals surface area contributed by atoms with Crippen LogP contribution < -0.4 is 0 Å². The van der Waals surface area contributed by atoms with Crippen LogP contribution in [0.25, 0.3) is 11.3 Å². The number of hydrogen-bond acceptors (Lipinski definition) is 2. The highest BCUT2D eigenvalue weighted by Crippen LogP contribution is 2.21. The number of aromatic amines is 1. The predicted molar refractivity (Wildman–Crippen MR) is 52.7 cm³/mol. The molecule has 3 rings (SSSR count). The Balaban J connectivity index is 2.04. The van der Waals surface area contributed by atoms with E-state index in [2.05, 4.69) is 25.9 Å². The molecule has 0 aliphatic carbocycles. The largest absolute Gasteiger partial charge is 0.334 e. The van der Waals surface area contributed by atoms with E-state index in [-0.39, 0.29) is 0 Å². The van der Waals surface area contributed by atoms with Gasteiger partial charge in [-0.15, -0.1) is 0 Å². The number of imidazole rings is 1. The monoisotopic (exact) mass is 188 g/mol. The smallest absolute Gasteiger partial charge is 0.109 e. The fourth-order valence-corrected chi connectivity index (χ4v) is 1.94. The molecule has 14 heavy (non-hydrogen) atoms. The molecular formula is C10H12N4. The van der Waals surface area contributed by atoms with E-state index < -0.39 is 0 Å². The van der Waals surface area contributed by atoms with E-state index in [4.69, 9.17) is 0 Å². The summed E-state index contributed by atoms with van der Waals surface area (Å²) >= 11 is 0. The lowest BCUT2D eigenvalue weighted by Gasteiger charge is -2.11.